The highest BCUT2D eigenvalue weighted by atomic mass is 16.5. The minimum Gasteiger partial charge on any atom is -0.469 e. The van der Waals surface area contributed by atoms with E-state index in [0.29, 0.717) is 6.42 Å². The van der Waals surface area contributed by atoms with Crippen LogP contribution in [0.2, 0.25) is 0 Å². The minimum atomic E-state index is -0.405. The van der Waals surface area contributed by atoms with Gasteiger partial charge in [0.25, 0.3) is 0 Å². The lowest BCUT2D eigenvalue weighted by atomic mass is 9.89. The van der Waals surface area contributed by atoms with Gasteiger partial charge in [0.2, 0.25) is 0 Å². The predicted octanol–water partition coefficient (Wildman–Crippen LogP) is 4.61. The quantitative estimate of drug-likeness (QED) is 0.275. The third-order valence-corrected chi connectivity index (χ3v) is 5.27. The summed E-state index contributed by atoms with van der Waals surface area (Å²) in [7, 11) is 1.40. The molecule has 0 aliphatic heterocycles. The van der Waals surface area contributed by atoms with Gasteiger partial charge in [0.1, 0.15) is 11.9 Å². The first-order chi connectivity index (χ1) is 13.5. The summed E-state index contributed by atoms with van der Waals surface area (Å²) in [6.45, 7) is 3.56. The molecule has 0 radical (unpaired) electrons. The van der Waals surface area contributed by atoms with Gasteiger partial charge in [-0.1, -0.05) is 51.4 Å². The van der Waals surface area contributed by atoms with E-state index in [9.17, 15) is 14.4 Å². The Morgan fingerprint density at radius 1 is 1.07 bits per heavy atom. The normalized spacial score (nSPS) is 21.1. The monoisotopic (exact) mass is 392 g/mol. The van der Waals surface area contributed by atoms with Crippen molar-refractivity contribution in [3.05, 3.63) is 0 Å². The number of ether oxygens (including phenoxy) is 2. The number of unbranched alkanes of at least 4 members (excludes halogenated alkanes) is 7. The maximum Gasteiger partial charge on any atom is 0.305 e. The Bertz CT molecular complexity index is 557. The Morgan fingerprint density at radius 3 is 2.46 bits per heavy atom. The van der Waals surface area contributed by atoms with Gasteiger partial charge in [-0.05, 0) is 19.3 Å². The average molecular weight is 393 g/mol. The van der Waals surface area contributed by atoms with E-state index in [2.05, 4.69) is 23.5 Å². The third kappa shape index (κ3) is 9.39. The third-order valence-electron chi connectivity index (χ3n) is 5.27. The fourth-order valence-corrected chi connectivity index (χ4v) is 3.72. The van der Waals surface area contributed by atoms with Crippen molar-refractivity contribution in [1.29, 1.82) is 0 Å². The Kier molecular flexibility index (Phi) is 12.3. The number of Topliss-reactive ketones (excluding diaryl/α,β-unsaturated/α-hetero) is 1. The number of ketones is 1. The molecule has 0 aromatic carbocycles. The second kappa shape index (κ2) is 14.2. The molecule has 5 nitrogen and oxygen atoms in total. The molecule has 1 aliphatic carbocycles. The van der Waals surface area contributed by atoms with Gasteiger partial charge < -0.3 is 9.47 Å². The summed E-state index contributed by atoms with van der Waals surface area (Å²) >= 11 is 0. The Balaban J connectivity index is 2.52. The number of carbonyl (C=O) groups excluding carboxylic acids is 3. The first kappa shape index (κ1) is 24.2. The molecular weight excluding hydrogens is 356 g/mol. The highest BCUT2D eigenvalue weighted by molar-refractivity contribution is 5.85. The predicted molar refractivity (Wildman–Crippen MR) is 108 cm³/mol. The van der Waals surface area contributed by atoms with Crippen LogP contribution in [0.25, 0.3) is 0 Å². The van der Waals surface area contributed by atoms with Crippen molar-refractivity contribution in [1.82, 2.24) is 0 Å². The zero-order valence-electron chi connectivity index (χ0n) is 17.8. The van der Waals surface area contributed by atoms with Crippen molar-refractivity contribution in [3.63, 3.8) is 0 Å². The van der Waals surface area contributed by atoms with Crippen molar-refractivity contribution < 1.29 is 23.9 Å². The molecule has 28 heavy (non-hydrogen) atoms. The molecule has 0 saturated heterocycles. The van der Waals surface area contributed by atoms with Crippen LogP contribution in [-0.4, -0.2) is 30.9 Å². The summed E-state index contributed by atoms with van der Waals surface area (Å²) in [5.41, 5.74) is 0. The Labute approximate surface area is 169 Å². The molecule has 0 amide bonds. The fourth-order valence-electron chi connectivity index (χ4n) is 3.72. The lowest BCUT2D eigenvalue weighted by molar-refractivity contribution is -0.147. The van der Waals surface area contributed by atoms with Gasteiger partial charge in [0.05, 0.1) is 13.0 Å². The molecule has 1 fully saturated rings. The molecule has 3 atom stereocenters. The lowest BCUT2D eigenvalue weighted by Gasteiger charge is -2.18. The van der Waals surface area contributed by atoms with E-state index in [1.165, 1.54) is 33.3 Å². The van der Waals surface area contributed by atoms with Crippen LogP contribution in [0.1, 0.15) is 90.9 Å². The van der Waals surface area contributed by atoms with Crippen LogP contribution in [0.4, 0.5) is 0 Å². The highest BCUT2D eigenvalue weighted by Gasteiger charge is 2.42. The van der Waals surface area contributed by atoms with Crippen LogP contribution in [0.15, 0.2) is 0 Å². The molecule has 158 valence electrons. The van der Waals surface area contributed by atoms with E-state index in [-0.39, 0.29) is 36.0 Å². The molecule has 0 heterocycles. The van der Waals surface area contributed by atoms with Crippen molar-refractivity contribution in [2.45, 2.75) is 97.0 Å². The molecule has 0 aromatic heterocycles. The number of hydrogen-bond acceptors (Lipinski definition) is 5. The Morgan fingerprint density at radius 2 is 1.79 bits per heavy atom. The maximum atomic E-state index is 12.5. The number of carbonyl (C=O) groups is 3. The second-order valence-corrected chi connectivity index (χ2v) is 7.61. The molecule has 0 unspecified atom stereocenters. The van der Waals surface area contributed by atoms with Gasteiger partial charge in [-0.2, -0.15) is 0 Å². The minimum absolute atomic E-state index is 0.145. The molecule has 0 N–H and O–H groups in total. The average Bonchev–Trinajstić information content (AvgIpc) is 2.94. The SMILES string of the molecule is CCCCCCC#C[C@H]1[C@H](CCCCCCC(=O)OC)C(=O)C[C@H]1OC(C)=O. The van der Waals surface area contributed by atoms with Crippen LogP contribution in [0.3, 0.4) is 0 Å². The maximum absolute atomic E-state index is 12.5. The highest BCUT2D eigenvalue weighted by Crippen LogP contribution is 2.35. The van der Waals surface area contributed by atoms with Gasteiger partial charge in [0, 0.05) is 32.1 Å². The zero-order chi connectivity index (χ0) is 20.8. The summed E-state index contributed by atoms with van der Waals surface area (Å²) in [6, 6.07) is 0. The van der Waals surface area contributed by atoms with Crippen LogP contribution < -0.4 is 0 Å². The van der Waals surface area contributed by atoms with E-state index in [4.69, 9.17) is 4.74 Å². The first-order valence-corrected chi connectivity index (χ1v) is 10.7. The molecule has 0 spiro atoms. The van der Waals surface area contributed by atoms with E-state index >= 15 is 0 Å². The van der Waals surface area contributed by atoms with E-state index in [1.807, 2.05) is 0 Å². The molecule has 1 rings (SSSR count). The molecule has 0 aromatic rings. The molecule has 1 saturated carbocycles. The summed E-state index contributed by atoms with van der Waals surface area (Å²) in [5, 5.41) is 0. The van der Waals surface area contributed by atoms with Crippen molar-refractivity contribution in [3.8, 4) is 11.8 Å². The number of hydrogen-bond donors (Lipinski definition) is 0. The van der Waals surface area contributed by atoms with Gasteiger partial charge in [0.15, 0.2) is 0 Å². The van der Waals surface area contributed by atoms with E-state index in [1.54, 1.807) is 0 Å². The fraction of sp³-hybridized carbons (Fsp3) is 0.783. The van der Waals surface area contributed by atoms with Crippen LogP contribution >= 0.6 is 0 Å². The van der Waals surface area contributed by atoms with Gasteiger partial charge in [-0.15, -0.1) is 5.92 Å². The van der Waals surface area contributed by atoms with Crippen LogP contribution in [0.5, 0.6) is 0 Å². The Hall–Kier alpha value is -1.83. The van der Waals surface area contributed by atoms with Gasteiger partial charge in [-0.25, -0.2) is 0 Å². The van der Waals surface area contributed by atoms with Crippen molar-refractivity contribution in [2.75, 3.05) is 7.11 Å². The van der Waals surface area contributed by atoms with Crippen LogP contribution in [-0.2, 0) is 23.9 Å². The first-order valence-electron chi connectivity index (χ1n) is 10.7. The van der Waals surface area contributed by atoms with E-state index < -0.39 is 6.10 Å². The van der Waals surface area contributed by atoms with Gasteiger partial charge >= 0.3 is 11.9 Å². The summed E-state index contributed by atoms with van der Waals surface area (Å²) in [4.78, 5) is 35.0. The molecule has 5 heteroatoms. The molecule has 1 aliphatic rings. The second-order valence-electron chi connectivity index (χ2n) is 7.61. The van der Waals surface area contributed by atoms with E-state index in [0.717, 1.165) is 44.9 Å². The smallest absolute Gasteiger partial charge is 0.305 e. The molecular formula is C23H36O5. The lowest BCUT2D eigenvalue weighted by Crippen LogP contribution is -2.23. The number of methoxy groups -OCH3 is 1. The zero-order valence-corrected chi connectivity index (χ0v) is 17.8. The van der Waals surface area contributed by atoms with Crippen molar-refractivity contribution in [2.24, 2.45) is 11.8 Å². The summed E-state index contributed by atoms with van der Waals surface area (Å²) in [6.07, 6.45) is 10.2. The summed E-state index contributed by atoms with van der Waals surface area (Å²) in [5.74, 6) is 5.79. The topological polar surface area (TPSA) is 69.7 Å². The summed E-state index contributed by atoms with van der Waals surface area (Å²) < 4.78 is 10.0. The molecule has 0 bridgehead atoms. The number of rotatable bonds is 12. The van der Waals surface area contributed by atoms with Crippen LogP contribution in [0, 0.1) is 23.7 Å². The van der Waals surface area contributed by atoms with Gasteiger partial charge in [-0.3, -0.25) is 14.4 Å². The number of esters is 2. The van der Waals surface area contributed by atoms with Crippen molar-refractivity contribution >= 4 is 17.7 Å². The standard InChI is InChI=1S/C23H36O5/c1-4-5-6-7-8-12-15-20-19(21(25)17-22(20)28-18(2)24)14-11-9-10-13-16-23(26)27-3/h19-20,22H,4-11,13-14,16-17H2,1-3H3/t19-,20-,22+/m0/s1. The largest absolute Gasteiger partial charge is 0.469 e.